The van der Waals surface area contributed by atoms with Crippen molar-refractivity contribution in [1.82, 2.24) is 15.1 Å². The fourth-order valence-corrected chi connectivity index (χ4v) is 3.38. The summed E-state index contributed by atoms with van der Waals surface area (Å²) in [5, 5.41) is 3.55. The van der Waals surface area contributed by atoms with Crippen molar-refractivity contribution in [1.29, 1.82) is 0 Å². The average molecular weight is 320 g/mol. The van der Waals surface area contributed by atoms with E-state index in [0.717, 1.165) is 63.4 Å². The van der Waals surface area contributed by atoms with Crippen LogP contribution in [0, 0.1) is 6.92 Å². The lowest BCUT2D eigenvalue weighted by Gasteiger charge is -2.34. The molecular formula is C17H28N4O2. The number of aliphatic imine (C=N–C) groups is 1. The van der Waals surface area contributed by atoms with Gasteiger partial charge in [-0.3, -0.25) is 9.89 Å². The molecule has 3 rings (SSSR count). The van der Waals surface area contributed by atoms with Crippen LogP contribution in [-0.4, -0.2) is 68.7 Å². The summed E-state index contributed by atoms with van der Waals surface area (Å²) >= 11 is 0. The smallest absolute Gasteiger partial charge is 0.193 e. The first-order valence-electron chi connectivity index (χ1n) is 8.61. The molecule has 2 fully saturated rings. The first-order chi connectivity index (χ1) is 11.3. The van der Waals surface area contributed by atoms with Gasteiger partial charge in [-0.25, -0.2) is 0 Å². The van der Waals surface area contributed by atoms with E-state index in [9.17, 15) is 0 Å². The number of nitrogens with zero attached hydrogens (tertiary/aromatic N) is 3. The molecular weight excluding hydrogens is 292 g/mol. The lowest BCUT2D eigenvalue weighted by Crippen LogP contribution is -2.46. The Labute approximate surface area is 138 Å². The number of morpholine rings is 1. The van der Waals surface area contributed by atoms with E-state index in [1.165, 1.54) is 12.8 Å². The molecule has 128 valence electrons. The highest BCUT2D eigenvalue weighted by molar-refractivity contribution is 5.80. The molecule has 0 aromatic carbocycles. The Morgan fingerprint density at radius 2 is 1.96 bits per heavy atom. The molecule has 1 N–H and O–H groups in total. The van der Waals surface area contributed by atoms with E-state index in [2.05, 4.69) is 26.2 Å². The molecule has 0 bridgehead atoms. The van der Waals surface area contributed by atoms with Gasteiger partial charge in [0.25, 0.3) is 0 Å². The van der Waals surface area contributed by atoms with E-state index < -0.39 is 0 Å². The lowest BCUT2D eigenvalue weighted by atomic mass is 10.1. The van der Waals surface area contributed by atoms with Crippen LogP contribution in [0.4, 0.5) is 0 Å². The average Bonchev–Trinajstić information content (AvgIpc) is 3.24. The van der Waals surface area contributed by atoms with E-state index in [1.54, 1.807) is 0 Å². The number of nitrogens with one attached hydrogen (secondary N) is 1. The van der Waals surface area contributed by atoms with Gasteiger partial charge < -0.3 is 19.4 Å². The number of likely N-dealkylation sites (tertiary alicyclic amines) is 1. The molecule has 6 heteroatoms. The maximum absolute atomic E-state index is 5.91. The molecule has 0 saturated carbocycles. The molecule has 1 aromatic heterocycles. The number of guanidine groups is 1. The number of furan rings is 1. The Bertz CT molecular complexity index is 516. The number of hydrogen-bond donors (Lipinski definition) is 1. The van der Waals surface area contributed by atoms with Crippen LogP contribution < -0.4 is 5.32 Å². The van der Waals surface area contributed by atoms with Gasteiger partial charge in [-0.15, -0.1) is 0 Å². The van der Waals surface area contributed by atoms with E-state index in [-0.39, 0.29) is 6.04 Å². The van der Waals surface area contributed by atoms with E-state index in [0.29, 0.717) is 0 Å². The molecule has 0 spiro atoms. The second-order valence-electron chi connectivity index (χ2n) is 6.23. The summed E-state index contributed by atoms with van der Waals surface area (Å²) in [6.45, 7) is 8.45. The second-order valence-corrected chi connectivity index (χ2v) is 6.23. The summed E-state index contributed by atoms with van der Waals surface area (Å²) in [5.74, 6) is 2.99. The van der Waals surface area contributed by atoms with E-state index in [4.69, 9.17) is 9.15 Å². The zero-order valence-electron chi connectivity index (χ0n) is 14.3. The zero-order chi connectivity index (χ0) is 16.1. The molecule has 0 radical (unpaired) electrons. The van der Waals surface area contributed by atoms with Crippen LogP contribution in [-0.2, 0) is 4.74 Å². The number of ether oxygens (including phenoxy) is 1. The van der Waals surface area contributed by atoms with Gasteiger partial charge in [0.1, 0.15) is 11.5 Å². The van der Waals surface area contributed by atoms with Crippen LogP contribution in [0.3, 0.4) is 0 Å². The van der Waals surface area contributed by atoms with Crippen molar-refractivity contribution in [3.63, 3.8) is 0 Å². The minimum Gasteiger partial charge on any atom is -0.465 e. The Balaban J connectivity index is 1.67. The van der Waals surface area contributed by atoms with Gasteiger partial charge >= 0.3 is 0 Å². The van der Waals surface area contributed by atoms with Crippen LogP contribution in [0.1, 0.15) is 30.4 Å². The number of hydrogen-bond acceptors (Lipinski definition) is 4. The maximum atomic E-state index is 5.91. The van der Waals surface area contributed by atoms with E-state index in [1.807, 2.05) is 20.0 Å². The standard InChI is InChI=1S/C17H28N4O2/c1-14-5-6-16(23-14)15(20-9-11-22-12-10-20)13-19-17(18-2)21-7-3-4-8-21/h5-6,15H,3-4,7-13H2,1-2H3,(H,18,19). The molecule has 1 atom stereocenters. The molecule has 1 aromatic rings. The molecule has 1 unspecified atom stereocenters. The number of aryl methyl sites for hydroxylation is 1. The molecule has 2 aliphatic rings. The monoisotopic (exact) mass is 320 g/mol. The third-order valence-corrected chi connectivity index (χ3v) is 4.65. The van der Waals surface area contributed by atoms with Crippen LogP contribution in [0.2, 0.25) is 0 Å². The van der Waals surface area contributed by atoms with Crippen molar-refractivity contribution >= 4 is 5.96 Å². The fraction of sp³-hybridized carbons (Fsp3) is 0.706. The van der Waals surface area contributed by atoms with Crippen molar-refractivity contribution in [2.75, 3.05) is 53.0 Å². The van der Waals surface area contributed by atoms with Crippen molar-refractivity contribution in [3.8, 4) is 0 Å². The molecule has 23 heavy (non-hydrogen) atoms. The van der Waals surface area contributed by atoms with Crippen LogP contribution >= 0.6 is 0 Å². The van der Waals surface area contributed by atoms with Crippen molar-refractivity contribution in [2.24, 2.45) is 4.99 Å². The minimum absolute atomic E-state index is 0.215. The molecule has 3 heterocycles. The van der Waals surface area contributed by atoms with Crippen LogP contribution in [0.5, 0.6) is 0 Å². The zero-order valence-corrected chi connectivity index (χ0v) is 14.3. The third-order valence-electron chi connectivity index (χ3n) is 4.65. The Morgan fingerprint density at radius 3 is 2.57 bits per heavy atom. The van der Waals surface area contributed by atoms with Gasteiger partial charge in [-0.1, -0.05) is 0 Å². The molecule has 0 amide bonds. The quantitative estimate of drug-likeness (QED) is 0.675. The highest BCUT2D eigenvalue weighted by atomic mass is 16.5. The first-order valence-corrected chi connectivity index (χ1v) is 8.61. The van der Waals surface area contributed by atoms with Crippen molar-refractivity contribution in [3.05, 3.63) is 23.7 Å². The van der Waals surface area contributed by atoms with Gasteiger partial charge in [0.15, 0.2) is 5.96 Å². The Hall–Kier alpha value is -1.53. The summed E-state index contributed by atoms with van der Waals surface area (Å²) in [5.41, 5.74) is 0. The van der Waals surface area contributed by atoms with Gasteiger partial charge in [-0.05, 0) is 31.9 Å². The van der Waals surface area contributed by atoms with E-state index >= 15 is 0 Å². The maximum Gasteiger partial charge on any atom is 0.193 e. The van der Waals surface area contributed by atoms with Crippen molar-refractivity contribution in [2.45, 2.75) is 25.8 Å². The summed E-state index contributed by atoms with van der Waals surface area (Å²) in [4.78, 5) is 9.22. The van der Waals surface area contributed by atoms with Gasteiger partial charge in [0.2, 0.25) is 0 Å². The van der Waals surface area contributed by atoms with Crippen LogP contribution in [0.15, 0.2) is 21.5 Å². The Morgan fingerprint density at radius 1 is 1.22 bits per heavy atom. The SMILES string of the molecule is CN=C(NCC(c1ccc(C)o1)N1CCOCC1)N1CCCC1. The topological polar surface area (TPSA) is 53.2 Å². The third kappa shape index (κ3) is 4.06. The Kier molecular flexibility index (Phi) is 5.56. The van der Waals surface area contributed by atoms with Gasteiger partial charge in [0.05, 0.1) is 19.3 Å². The summed E-state index contributed by atoms with van der Waals surface area (Å²) in [6.07, 6.45) is 2.51. The summed E-state index contributed by atoms with van der Waals surface area (Å²) in [7, 11) is 1.86. The highest BCUT2D eigenvalue weighted by Crippen LogP contribution is 2.23. The minimum atomic E-state index is 0.215. The predicted octanol–water partition coefficient (Wildman–Crippen LogP) is 1.63. The first kappa shape index (κ1) is 16.3. The molecule has 2 aliphatic heterocycles. The van der Waals surface area contributed by atoms with Crippen molar-refractivity contribution < 1.29 is 9.15 Å². The summed E-state index contributed by atoms with van der Waals surface area (Å²) < 4.78 is 11.4. The number of rotatable bonds is 4. The lowest BCUT2D eigenvalue weighted by molar-refractivity contribution is 0.0123. The van der Waals surface area contributed by atoms with Crippen LogP contribution in [0.25, 0.3) is 0 Å². The largest absolute Gasteiger partial charge is 0.465 e. The summed E-state index contributed by atoms with van der Waals surface area (Å²) in [6, 6.07) is 4.35. The molecule has 0 aliphatic carbocycles. The van der Waals surface area contributed by atoms with Gasteiger partial charge in [0, 0.05) is 39.8 Å². The highest BCUT2D eigenvalue weighted by Gasteiger charge is 2.26. The van der Waals surface area contributed by atoms with Gasteiger partial charge in [-0.2, -0.15) is 0 Å². The fourth-order valence-electron chi connectivity index (χ4n) is 3.38. The molecule has 2 saturated heterocycles. The second kappa shape index (κ2) is 7.84. The molecule has 6 nitrogen and oxygen atoms in total. The normalized spacial score (nSPS) is 21.7. The predicted molar refractivity (Wildman–Crippen MR) is 90.7 cm³/mol.